The van der Waals surface area contributed by atoms with Gasteiger partial charge in [0.15, 0.2) is 0 Å². The van der Waals surface area contributed by atoms with Crippen molar-refractivity contribution >= 4 is 27.7 Å². The lowest BCUT2D eigenvalue weighted by Gasteiger charge is -2.26. The summed E-state index contributed by atoms with van der Waals surface area (Å²) in [6.07, 6.45) is 2.61. The number of rotatable bonds is 2. The molecule has 88 valence electrons. The van der Waals surface area contributed by atoms with Crippen LogP contribution in [0.4, 0.5) is 4.39 Å². The average molecular weight is 305 g/mol. The van der Waals surface area contributed by atoms with Crippen molar-refractivity contribution in [3.63, 3.8) is 0 Å². The Morgan fingerprint density at radius 2 is 2.25 bits per heavy atom. The van der Waals surface area contributed by atoms with Gasteiger partial charge in [-0.15, -0.1) is 0 Å². The van der Waals surface area contributed by atoms with Gasteiger partial charge in [0.1, 0.15) is 5.82 Å². The zero-order valence-corrected chi connectivity index (χ0v) is 11.2. The summed E-state index contributed by atoms with van der Waals surface area (Å²) in [7, 11) is 0. The Morgan fingerprint density at radius 1 is 1.44 bits per heavy atom. The second kappa shape index (κ2) is 5.52. The van der Waals surface area contributed by atoms with Gasteiger partial charge >= 0.3 is 0 Å². The lowest BCUT2D eigenvalue weighted by Crippen LogP contribution is -2.20. The van der Waals surface area contributed by atoms with Crippen LogP contribution in [0, 0.1) is 5.82 Å². The highest BCUT2D eigenvalue weighted by Gasteiger charge is 2.26. The number of aliphatic hydroxyl groups is 1. The van der Waals surface area contributed by atoms with E-state index in [2.05, 4.69) is 15.9 Å². The number of hydrogen-bond donors (Lipinski definition) is 1. The van der Waals surface area contributed by atoms with E-state index < -0.39 is 6.10 Å². The van der Waals surface area contributed by atoms with Crippen LogP contribution in [-0.2, 0) is 0 Å². The first-order valence-electron chi connectivity index (χ1n) is 5.43. The fraction of sp³-hybridized carbons (Fsp3) is 0.500. The molecule has 0 radical (unpaired) electrons. The van der Waals surface area contributed by atoms with Gasteiger partial charge in [0.2, 0.25) is 0 Å². The molecule has 0 aromatic heterocycles. The van der Waals surface area contributed by atoms with Crippen molar-refractivity contribution in [3.8, 4) is 0 Å². The van der Waals surface area contributed by atoms with Crippen molar-refractivity contribution < 1.29 is 9.50 Å². The Labute approximate surface area is 108 Å². The summed E-state index contributed by atoms with van der Waals surface area (Å²) in [6, 6.07) is 5.08. The van der Waals surface area contributed by atoms with Gasteiger partial charge in [0.25, 0.3) is 0 Å². The first-order valence-corrected chi connectivity index (χ1v) is 7.28. The van der Waals surface area contributed by atoms with Crippen LogP contribution < -0.4 is 0 Å². The molecule has 1 N–H and O–H groups in total. The molecule has 1 fully saturated rings. The van der Waals surface area contributed by atoms with E-state index in [1.807, 2.05) is 0 Å². The zero-order valence-electron chi connectivity index (χ0n) is 8.83. The van der Waals surface area contributed by atoms with Crippen LogP contribution in [-0.4, -0.2) is 16.1 Å². The Bertz CT molecular complexity index is 366. The second-order valence-electron chi connectivity index (χ2n) is 3.99. The summed E-state index contributed by atoms with van der Waals surface area (Å²) in [5, 5.41) is 10.3. The molecule has 2 atom stereocenters. The molecule has 1 aliphatic rings. The quantitative estimate of drug-likeness (QED) is 0.894. The van der Waals surface area contributed by atoms with Crippen LogP contribution in [0.25, 0.3) is 0 Å². The monoisotopic (exact) mass is 304 g/mol. The topological polar surface area (TPSA) is 20.2 Å². The minimum absolute atomic E-state index is 0.137. The summed E-state index contributed by atoms with van der Waals surface area (Å²) in [5.74, 6) is 0.735. The highest BCUT2D eigenvalue weighted by Crippen LogP contribution is 2.36. The van der Waals surface area contributed by atoms with Crippen molar-refractivity contribution in [2.45, 2.75) is 30.6 Å². The summed E-state index contributed by atoms with van der Waals surface area (Å²) in [6.45, 7) is 0. The normalized spacial score (nSPS) is 23.1. The number of thioether (sulfide) groups is 1. The van der Waals surface area contributed by atoms with Crippen molar-refractivity contribution in [2.24, 2.45) is 0 Å². The summed E-state index contributed by atoms with van der Waals surface area (Å²) in [4.78, 5) is 0. The summed E-state index contributed by atoms with van der Waals surface area (Å²) in [5.41, 5.74) is 0.411. The summed E-state index contributed by atoms with van der Waals surface area (Å²) >= 11 is 4.89. The molecule has 0 spiro atoms. The van der Waals surface area contributed by atoms with Gasteiger partial charge in [0.05, 0.1) is 10.6 Å². The molecule has 1 nitrogen and oxygen atoms in total. The van der Waals surface area contributed by atoms with Crippen LogP contribution in [0.3, 0.4) is 0 Å². The molecule has 0 aliphatic carbocycles. The number of benzene rings is 1. The lowest BCUT2D eigenvalue weighted by atomic mass is 10.0. The lowest BCUT2D eigenvalue weighted by molar-refractivity contribution is 0.164. The van der Waals surface area contributed by atoms with E-state index in [0.29, 0.717) is 10.0 Å². The standard InChI is InChI=1S/C12H14BrFOS/c13-9-5-3-4-8(11(9)14)12(15)10-6-1-2-7-16-10/h3-5,10,12,15H,1-2,6-7H2. The fourth-order valence-corrected chi connectivity index (χ4v) is 3.68. The molecular weight excluding hydrogens is 291 g/mol. The second-order valence-corrected chi connectivity index (χ2v) is 6.19. The average Bonchev–Trinajstić information content (AvgIpc) is 2.33. The molecule has 16 heavy (non-hydrogen) atoms. The van der Waals surface area contributed by atoms with Gasteiger partial charge < -0.3 is 5.11 Å². The molecule has 1 heterocycles. The van der Waals surface area contributed by atoms with Crippen molar-refractivity contribution in [2.75, 3.05) is 5.75 Å². The van der Waals surface area contributed by atoms with E-state index in [1.54, 1.807) is 30.0 Å². The number of halogens is 2. The molecule has 1 aromatic carbocycles. The molecule has 0 bridgehead atoms. The van der Waals surface area contributed by atoms with Crippen molar-refractivity contribution in [1.29, 1.82) is 0 Å². The Hall–Kier alpha value is -0.0600. The third-order valence-electron chi connectivity index (χ3n) is 2.87. The third-order valence-corrected chi connectivity index (χ3v) is 4.93. The largest absolute Gasteiger partial charge is 0.387 e. The number of hydrogen-bond acceptors (Lipinski definition) is 2. The first kappa shape index (κ1) is 12.4. The van der Waals surface area contributed by atoms with E-state index in [0.717, 1.165) is 18.6 Å². The maximum atomic E-state index is 13.8. The van der Waals surface area contributed by atoms with E-state index in [9.17, 15) is 9.50 Å². The Kier molecular flexibility index (Phi) is 4.27. The van der Waals surface area contributed by atoms with Crippen LogP contribution in [0.5, 0.6) is 0 Å². The molecule has 4 heteroatoms. The van der Waals surface area contributed by atoms with Gasteiger partial charge in [-0.25, -0.2) is 4.39 Å². The van der Waals surface area contributed by atoms with Crippen molar-refractivity contribution in [3.05, 3.63) is 34.1 Å². The highest BCUT2D eigenvalue weighted by atomic mass is 79.9. The van der Waals surface area contributed by atoms with Crippen LogP contribution in [0.2, 0.25) is 0 Å². The molecular formula is C12H14BrFOS. The van der Waals surface area contributed by atoms with Crippen LogP contribution in [0.1, 0.15) is 30.9 Å². The molecule has 2 rings (SSSR count). The van der Waals surface area contributed by atoms with E-state index in [-0.39, 0.29) is 11.1 Å². The van der Waals surface area contributed by atoms with Gasteiger partial charge in [0, 0.05) is 10.8 Å². The van der Waals surface area contributed by atoms with Gasteiger partial charge in [-0.3, -0.25) is 0 Å². The van der Waals surface area contributed by atoms with E-state index >= 15 is 0 Å². The fourth-order valence-electron chi connectivity index (χ4n) is 1.96. The molecule has 0 saturated carbocycles. The Balaban J connectivity index is 2.19. The Morgan fingerprint density at radius 3 is 2.94 bits per heavy atom. The number of aliphatic hydroxyl groups excluding tert-OH is 1. The molecule has 1 saturated heterocycles. The SMILES string of the molecule is OC(c1cccc(Br)c1F)C1CCCCS1. The minimum atomic E-state index is -0.692. The predicted molar refractivity (Wildman–Crippen MR) is 69.2 cm³/mol. The highest BCUT2D eigenvalue weighted by molar-refractivity contribution is 9.10. The van der Waals surface area contributed by atoms with E-state index in [1.165, 1.54) is 6.42 Å². The van der Waals surface area contributed by atoms with Gasteiger partial charge in [-0.05, 0) is 40.6 Å². The third kappa shape index (κ3) is 2.60. The maximum absolute atomic E-state index is 13.8. The van der Waals surface area contributed by atoms with Gasteiger partial charge in [-0.2, -0.15) is 11.8 Å². The molecule has 1 aliphatic heterocycles. The van der Waals surface area contributed by atoms with Crippen LogP contribution in [0.15, 0.2) is 22.7 Å². The van der Waals surface area contributed by atoms with Crippen molar-refractivity contribution in [1.82, 2.24) is 0 Å². The van der Waals surface area contributed by atoms with Crippen LogP contribution >= 0.6 is 27.7 Å². The zero-order chi connectivity index (χ0) is 11.5. The van der Waals surface area contributed by atoms with Gasteiger partial charge in [-0.1, -0.05) is 18.6 Å². The summed E-state index contributed by atoms with van der Waals surface area (Å²) < 4.78 is 14.2. The molecule has 2 unspecified atom stereocenters. The minimum Gasteiger partial charge on any atom is -0.387 e. The predicted octanol–water partition coefficient (Wildman–Crippen LogP) is 3.91. The first-order chi connectivity index (χ1) is 7.70. The smallest absolute Gasteiger partial charge is 0.143 e. The van der Waals surface area contributed by atoms with E-state index in [4.69, 9.17) is 0 Å². The molecule has 1 aromatic rings. The molecule has 0 amide bonds. The maximum Gasteiger partial charge on any atom is 0.143 e.